The van der Waals surface area contributed by atoms with E-state index in [1.165, 1.54) is 12.1 Å². The summed E-state index contributed by atoms with van der Waals surface area (Å²) in [6.07, 6.45) is -9.42. The van der Waals surface area contributed by atoms with Gasteiger partial charge in [-0.15, -0.1) is 13.2 Å². The van der Waals surface area contributed by atoms with E-state index in [-0.39, 0.29) is 23.4 Å². The smallest absolute Gasteiger partial charge is 0.406 e. The molecule has 12 heteroatoms. The van der Waals surface area contributed by atoms with Crippen molar-refractivity contribution in [3.05, 3.63) is 101 Å². The van der Waals surface area contributed by atoms with E-state index < -0.39 is 29.9 Å². The van der Waals surface area contributed by atoms with Crippen LogP contribution in [0.1, 0.15) is 16.7 Å². The highest BCUT2D eigenvalue weighted by Crippen LogP contribution is 2.30. The Hall–Kier alpha value is -4.53. The Balaban J connectivity index is 1.79. The highest BCUT2D eigenvalue weighted by atomic mass is 19.4. The van der Waals surface area contributed by atoms with Gasteiger partial charge in [0.15, 0.2) is 5.69 Å². The lowest BCUT2D eigenvalue weighted by atomic mass is 10.00. The molecule has 0 bridgehead atoms. The lowest BCUT2D eigenvalue weighted by Crippen LogP contribution is -2.26. The van der Waals surface area contributed by atoms with Crippen LogP contribution in [-0.4, -0.2) is 18.1 Å². The number of carbonyl (C=O) groups excluding carboxylic acids is 1. The zero-order valence-electron chi connectivity index (χ0n) is 18.1. The molecule has 0 spiro atoms. The number of nitrogens with zero attached hydrogens (tertiary/aromatic N) is 2. The molecule has 0 unspecified atom stereocenters. The highest BCUT2D eigenvalue weighted by Gasteiger charge is 2.31. The molecule has 0 heterocycles. The van der Waals surface area contributed by atoms with Gasteiger partial charge in [-0.05, 0) is 47.5 Å². The summed E-state index contributed by atoms with van der Waals surface area (Å²) in [5, 5.41) is 6.32. The van der Waals surface area contributed by atoms with Crippen LogP contribution < -0.4 is 15.5 Å². The third-order valence-electron chi connectivity index (χ3n) is 4.60. The Morgan fingerprint density at radius 2 is 1.61 bits per heavy atom. The van der Waals surface area contributed by atoms with Gasteiger partial charge in [-0.3, -0.25) is 0 Å². The van der Waals surface area contributed by atoms with E-state index in [4.69, 9.17) is 6.57 Å². The van der Waals surface area contributed by atoms with Gasteiger partial charge in [0.25, 0.3) is 0 Å². The standard InChI is InChI=1S/C24H16F6N4O2/c1-31-18-7-5-15(6-8-18)13-21(16-3-2-4-17(14-16)23(25,26)27)33-34-22(35)32-19-9-11-20(12-10-19)36-24(28,29)30/h2-12,14H,13H2,(H2,32,34,35)/b33-21+. The predicted octanol–water partition coefficient (Wildman–Crippen LogP) is 6.92. The predicted molar refractivity (Wildman–Crippen MR) is 120 cm³/mol. The number of hydrogen-bond acceptors (Lipinski definition) is 3. The van der Waals surface area contributed by atoms with E-state index in [0.717, 1.165) is 36.4 Å². The maximum Gasteiger partial charge on any atom is 0.573 e. The van der Waals surface area contributed by atoms with Gasteiger partial charge in [-0.25, -0.2) is 15.1 Å². The SMILES string of the molecule is [C-]#[N+]c1ccc(C/C(=N\NC(=O)Nc2ccc(OC(F)(F)F)cc2)c2cccc(C(F)(F)F)c2)cc1. The number of urea groups is 1. The van der Waals surface area contributed by atoms with Gasteiger partial charge >= 0.3 is 18.6 Å². The molecule has 2 N–H and O–H groups in total. The largest absolute Gasteiger partial charge is 0.573 e. The number of carbonyl (C=O) groups is 1. The number of ether oxygens (including phenoxy) is 1. The second kappa shape index (κ2) is 10.8. The minimum absolute atomic E-state index is 0.0311. The molecule has 6 nitrogen and oxygen atoms in total. The molecule has 36 heavy (non-hydrogen) atoms. The van der Waals surface area contributed by atoms with Gasteiger partial charge in [0.05, 0.1) is 17.8 Å². The monoisotopic (exact) mass is 506 g/mol. The third-order valence-corrected chi connectivity index (χ3v) is 4.60. The molecule has 3 rings (SSSR count). The van der Waals surface area contributed by atoms with Crippen molar-refractivity contribution in [3.8, 4) is 5.75 Å². The van der Waals surface area contributed by atoms with Crippen molar-refractivity contribution in [1.29, 1.82) is 0 Å². The minimum Gasteiger partial charge on any atom is -0.406 e. The first-order valence-corrected chi connectivity index (χ1v) is 10.1. The number of nitrogens with one attached hydrogen (secondary N) is 2. The fourth-order valence-electron chi connectivity index (χ4n) is 2.98. The van der Waals surface area contributed by atoms with Gasteiger partial charge in [-0.1, -0.05) is 36.4 Å². The summed E-state index contributed by atoms with van der Waals surface area (Å²) >= 11 is 0. The average molecular weight is 506 g/mol. The van der Waals surface area contributed by atoms with Crippen molar-refractivity contribution in [2.45, 2.75) is 19.0 Å². The lowest BCUT2D eigenvalue weighted by molar-refractivity contribution is -0.274. The summed E-state index contributed by atoms with van der Waals surface area (Å²) in [6.45, 7) is 7.01. The van der Waals surface area contributed by atoms with E-state index in [9.17, 15) is 31.1 Å². The summed E-state index contributed by atoms with van der Waals surface area (Å²) in [7, 11) is 0. The van der Waals surface area contributed by atoms with Gasteiger partial charge in [0.2, 0.25) is 0 Å². The van der Waals surface area contributed by atoms with Gasteiger partial charge in [0, 0.05) is 12.1 Å². The number of hydrazone groups is 1. The number of benzene rings is 3. The average Bonchev–Trinajstić information content (AvgIpc) is 2.82. The molecule has 0 aliphatic heterocycles. The maximum atomic E-state index is 13.2. The molecule has 3 aromatic carbocycles. The maximum absolute atomic E-state index is 13.2. The summed E-state index contributed by atoms with van der Waals surface area (Å²) in [5.74, 6) is -0.484. The highest BCUT2D eigenvalue weighted by molar-refractivity contribution is 6.03. The van der Waals surface area contributed by atoms with E-state index in [1.54, 1.807) is 24.3 Å². The van der Waals surface area contributed by atoms with Crippen LogP contribution in [0.2, 0.25) is 0 Å². The van der Waals surface area contributed by atoms with Crippen LogP contribution >= 0.6 is 0 Å². The van der Waals surface area contributed by atoms with Crippen LogP contribution in [0.15, 0.2) is 77.9 Å². The molecule has 2 amide bonds. The molecule has 0 radical (unpaired) electrons. The fraction of sp³-hybridized carbons (Fsp3) is 0.125. The second-order valence-electron chi connectivity index (χ2n) is 7.23. The number of anilines is 1. The molecule has 0 saturated carbocycles. The Morgan fingerprint density at radius 1 is 0.944 bits per heavy atom. The quantitative estimate of drug-likeness (QED) is 0.165. The molecule has 0 fully saturated rings. The number of halogens is 6. The molecule has 0 saturated heterocycles. The van der Waals surface area contributed by atoms with Crippen LogP contribution in [0.25, 0.3) is 4.85 Å². The fourth-order valence-corrected chi connectivity index (χ4v) is 2.98. The van der Waals surface area contributed by atoms with Gasteiger partial charge < -0.3 is 10.1 Å². The van der Waals surface area contributed by atoms with Crippen molar-refractivity contribution in [2.75, 3.05) is 5.32 Å². The Labute approximate surface area is 201 Å². The first-order valence-electron chi connectivity index (χ1n) is 10.1. The van der Waals surface area contributed by atoms with Crippen molar-refractivity contribution in [1.82, 2.24) is 5.43 Å². The summed E-state index contributed by atoms with van der Waals surface area (Å²) in [6, 6.07) is 14.1. The molecule has 0 aliphatic carbocycles. The number of rotatable bonds is 6. The second-order valence-corrected chi connectivity index (χ2v) is 7.23. The number of amides is 2. The summed E-state index contributed by atoms with van der Waals surface area (Å²) in [4.78, 5) is 15.5. The Morgan fingerprint density at radius 3 is 2.19 bits per heavy atom. The molecule has 0 atom stereocenters. The van der Waals surface area contributed by atoms with E-state index in [0.29, 0.717) is 11.3 Å². The first-order chi connectivity index (χ1) is 16.9. The van der Waals surface area contributed by atoms with Crippen LogP contribution in [0.5, 0.6) is 5.75 Å². The van der Waals surface area contributed by atoms with E-state index >= 15 is 0 Å². The van der Waals surface area contributed by atoms with Crippen molar-refractivity contribution in [2.24, 2.45) is 5.10 Å². The molecule has 0 aliphatic rings. The van der Waals surface area contributed by atoms with Gasteiger partial charge in [-0.2, -0.15) is 18.3 Å². The van der Waals surface area contributed by atoms with Crippen molar-refractivity contribution in [3.63, 3.8) is 0 Å². The summed E-state index contributed by atoms with van der Waals surface area (Å²) < 4.78 is 80.1. The van der Waals surface area contributed by atoms with Crippen LogP contribution in [0, 0.1) is 6.57 Å². The Kier molecular flexibility index (Phi) is 7.83. The van der Waals surface area contributed by atoms with Crippen LogP contribution in [0.4, 0.5) is 42.5 Å². The zero-order chi connectivity index (χ0) is 26.3. The normalized spacial score (nSPS) is 12.0. The zero-order valence-corrected chi connectivity index (χ0v) is 18.1. The molecule has 3 aromatic rings. The molecular weight excluding hydrogens is 490 g/mol. The van der Waals surface area contributed by atoms with Crippen LogP contribution in [0.3, 0.4) is 0 Å². The van der Waals surface area contributed by atoms with Crippen molar-refractivity contribution >= 4 is 23.1 Å². The van der Waals surface area contributed by atoms with Gasteiger partial charge in [0.1, 0.15) is 5.75 Å². The van der Waals surface area contributed by atoms with Crippen molar-refractivity contribution < 1.29 is 35.9 Å². The molecule has 186 valence electrons. The Bertz CT molecular complexity index is 1280. The number of alkyl halides is 6. The van der Waals surface area contributed by atoms with Crippen LogP contribution in [-0.2, 0) is 12.6 Å². The van der Waals surface area contributed by atoms with E-state index in [1.807, 2.05) is 0 Å². The van der Waals surface area contributed by atoms with E-state index in [2.05, 4.69) is 25.4 Å². The number of hydrogen-bond donors (Lipinski definition) is 2. The summed E-state index contributed by atoms with van der Waals surface area (Å²) in [5.41, 5.74) is 2.60. The topological polar surface area (TPSA) is 67.1 Å². The lowest BCUT2D eigenvalue weighted by Gasteiger charge is -2.12. The molecule has 0 aromatic heterocycles. The minimum atomic E-state index is -4.86. The third kappa shape index (κ3) is 7.76. The molecular formula is C24H16F6N4O2. The first kappa shape index (κ1) is 26.1.